The van der Waals surface area contributed by atoms with E-state index < -0.39 is 0 Å². The SMILES string of the molecule is Nc1c(NNC(=O)c2ccc(Br)cc2)ncnc1Nc1cccc2cccnc12. The lowest BCUT2D eigenvalue weighted by Crippen LogP contribution is -2.30. The highest BCUT2D eigenvalue weighted by Gasteiger charge is 2.12. The van der Waals surface area contributed by atoms with E-state index in [1.165, 1.54) is 6.33 Å². The Hall–Kier alpha value is -3.72. The molecule has 2 aromatic heterocycles. The summed E-state index contributed by atoms with van der Waals surface area (Å²) in [5.74, 6) is 0.364. The molecular formula is C20H16BrN7O. The Morgan fingerprint density at radius 2 is 1.69 bits per heavy atom. The number of hydrogen-bond acceptors (Lipinski definition) is 7. The molecule has 2 aromatic carbocycles. The van der Waals surface area contributed by atoms with Crippen molar-refractivity contribution in [1.29, 1.82) is 0 Å². The predicted octanol–water partition coefficient (Wildman–Crippen LogP) is 3.87. The Kier molecular flexibility index (Phi) is 5.21. The van der Waals surface area contributed by atoms with Gasteiger partial charge in [0.1, 0.15) is 12.0 Å². The first kappa shape index (κ1) is 18.6. The minimum Gasteiger partial charge on any atom is -0.393 e. The van der Waals surface area contributed by atoms with E-state index in [1.54, 1.807) is 30.5 Å². The number of nitrogens with one attached hydrogen (secondary N) is 3. The molecule has 5 N–H and O–H groups in total. The molecule has 4 rings (SSSR count). The zero-order valence-electron chi connectivity index (χ0n) is 15.1. The van der Waals surface area contributed by atoms with Crippen molar-refractivity contribution in [3.63, 3.8) is 0 Å². The summed E-state index contributed by atoms with van der Waals surface area (Å²) < 4.78 is 0.890. The number of nitrogens with two attached hydrogens (primary N) is 1. The molecule has 0 radical (unpaired) electrons. The molecule has 0 aliphatic carbocycles. The number of amides is 1. The molecule has 2 heterocycles. The van der Waals surface area contributed by atoms with Crippen molar-refractivity contribution in [3.05, 3.63) is 77.2 Å². The van der Waals surface area contributed by atoms with Gasteiger partial charge < -0.3 is 11.1 Å². The lowest BCUT2D eigenvalue weighted by Gasteiger charge is -2.14. The molecule has 0 unspecified atom stereocenters. The maximum Gasteiger partial charge on any atom is 0.269 e. The quantitative estimate of drug-likeness (QED) is 0.341. The summed E-state index contributed by atoms with van der Waals surface area (Å²) in [7, 11) is 0. The minimum absolute atomic E-state index is 0.261. The maximum absolute atomic E-state index is 12.3. The van der Waals surface area contributed by atoms with E-state index in [0.717, 1.165) is 21.1 Å². The average Bonchev–Trinajstić information content (AvgIpc) is 2.75. The van der Waals surface area contributed by atoms with Crippen LogP contribution in [0.3, 0.4) is 0 Å². The Labute approximate surface area is 174 Å². The number of rotatable bonds is 5. The van der Waals surface area contributed by atoms with Crippen molar-refractivity contribution in [2.24, 2.45) is 0 Å². The van der Waals surface area contributed by atoms with Crippen LogP contribution in [-0.2, 0) is 0 Å². The van der Waals surface area contributed by atoms with Gasteiger partial charge in [0.2, 0.25) is 0 Å². The summed E-state index contributed by atoms with van der Waals surface area (Å²) in [6.07, 6.45) is 3.08. The van der Waals surface area contributed by atoms with Crippen LogP contribution in [0.5, 0.6) is 0 Å². The first-order valence-corrected chi connectivity index (χ1v) is 9.44. The highest BCUT2D eigenvalue weighted by molar-refractivity contribution is 9.10. The predicted molar refractivity (Wildman–Crippen MR) is 117 cm³/mol. The molecule has 4 aromatic rings. The number of hydrazine groups is 1. The molecule has 0 spiro atoms. The number of nitrogen functional groups attached to an aromatic ring is 1. The molecule has 9 heteroatoms. The first-order chi connectivity index (χ1) is 14.1. The average molecular weight is 450 g/mol. The van der Waals surface area contributed by atoms with Gasteiger partial charge in [0.05, 0.1) is 11.2 Å². The largest absolute Gasteiger partial charge is 0.393 e. The highest BCUT2D eigenvalue weighted by Crippen LogP contribution is 2.28. The fourth-order valence-corrected chi connectivity index (χ4v) is 2.98. The highest BCUT2D eigenvalue weighted by atomic mass is 79.9. The van der Waals surface area contributed by atoms with Crippen LogP contribution in [-0.4, -0.2) is 20.9 Å². The van der Waals surface area contributed by atoms with E-state index >= 15 is 0 Å². The first-order valence-electron chi connectivity index (χ1n) is 8.65. The Balaban J connectivity index is 1.53. The topological polar surface area (TPSA) is 118 Å². The van der Waals surface area contributed by atoms with Crippen molar-refractivity contribution in [2.75, 3.05) is 16.5 Å². The third-order valence-corrected chi connectivity index (χ3v) is 4.70. The molecule has 1 amide bonds. The zero-order chi connectivity index (χ0) is 20.2. The normalized spacial score (nSPS) is 10.5. The second-order valence-corrected chi connectivity index (χ2v) is 6.99. The third kappa shape index (κ3) is 4.09. The number of carbonyl (C=O) groups excluding carboxylic acids is 1. The van der Waals surface area contributed by atoms with Crippen LogP contribution >= 0.6 is 15.9 Å². The smallest absolute Gasteiger partial charge is 0.269 e. The molecule has 0 aliphatic rings. The summed E-state index contributed by atoms with van der Waals surface area (Å²) in [5.41, 5.74) is 13.8. The number of pyridine rings is 1. The molecule has 0 saturated carbocycles. The van der Waals surface area contributed by atoms with E-state index in [0.29, 0.717) is 11.4 Å². The van der Waals surface area contributed by atoms with Crippen molar-refractivity contribution < 1.29 is 4.79 Å². The Morgan fingerprint density at radius 3 is 2.52 bits per heavy atom. The molecule has 0 saturated heterocycles. The van der Waals surface area contributed by atoms with E-state index in [2.05, 4.69) is 47.1 Å². The molecule has 0 bridgehead atoms. The molecular weight excluding hydrogens is 434 g/mol. The summed E-state index contributed by atoms with van der Waals surface area (Å²) in [6, 6.07) is 16.6. The van der Waals surface area contributed by atoms with Crippen LogP contribution in [0.4, 0.5) is 23.0 Å². The van der Waals surface area contributed by atoms with Gasteiger partial charge in [-0.3, -0.25) is 20.6 Å². The van der Waals surface area contributed by atoms with Gasteiger partial charge in [-0.25, -0.2) is 9.97 Å². The third-order valence-electron chi connectivity index (χ3n) is 4.17. The van der Waals surface area contributed by atoms with Crippen molar-refractivity contribution in [1.82, 2.24) is 20.4 Å². The Morgan fingerprint density at radius 1 is 0.931 bits per heavy atom. The van der Waals surface area contributed by atoms with E-state index in [-0.39, 0.29) is 17.4 Å². The number of fused-ring (bicyclic) bond motifs is 1. The molecule has 29 heavy (non-hydrogen) atoms. The lowest BCUT2D eigenvalue weighted by molar-refractivity contribution is 0.0962. The van der Waals surface area contributed by atoms with Gasteiger partial charge in [0, 0.05) is 21.6 Å². The molecule has 144 valence electrons. The maximum atomic E-state index is 12.3. The van der Waals surface area contributed by atoms with Gasteiger partial charge in [0.15, 0.2) is 11.6 Å². The molecule has 0 atom stereocenters. The van der Waals surface area contributed by atoms with Gasteiger partial charge in [-0.2, -0.15) is 0 Å². The summed E-state index contributed by atoms with van der Waals surface area (Å²) >= 11 is 3.34. The number of aromatic nitrogens is 3. The number of hydrogen-bond donors (Lipinski definition) is 4. The van der Waals surface area contributed by atoms with Crippen molar-refractivity contribution in [2.45, 2.75) is 0 Å². The van der Waals surface area contributed by atoms with Crippen molar-refractivity contribution in [3.8, 4) is 0 Å². The number of halogens is 1. The number of anilines is 4. The monoisotopic (exact) mass is 449 g/mol. The number of para-hydroxylation sites is 1. The second-order valence-electron chi connectivity index (χ2n) is 6.08. The van der Waals surface area contributed by atoms with Gasteiger partial charge in [-0.1, -0.05) is 34.1 Å². The number of carbonyl (C=O) groups is 1. The minimum atomic E-state index is -0.316. The molecule has 8 nitrogen and oxygen atoms in total. The summed E-state index contributed by atoms with van der Waals surface area (Å²) in [5, 5.41) is 4.18. The number of benzene rings is 2. The van der Waals surface area contributed by atoms with Crippen LogP contribution < -0.4 is 21.9 Å². The molecule has 0 fully saturated rings. The standard InChI is InChI=1S/C20H16BrN7O/c21-14-8-6-13(7-9-14)20(29)28-27-19-16(22)18(24-11-25-19)26-15-5-1-3-12-4-2-10-23-17(12)15/h1-11H,22H2,(H,28,29)(H2,24,25,26,27). The summed E-state index contributed by atoms with van der Waals surface area (Å²) in [6.45, 7) is 0. The zero-order valence-corrected chi connectivity index (χ0v) is 16.6. The lowest BCUT2D eigenvalue weighted by atomic mass is 10.2. The Bertz CT molecular complexity index is 1180. The fourth-order valence-electron chi connectivity index (χ4n) is 2.72. The van der Waals surface area contributed by atoms with Gasteiger partial charge in [-0.15, -0.1) is 0 Å². The van der Waals surface area contributed by atoms with E-state index in [4.69, 9.17) is 5.73 Å². The fraction of sp³-hybridized carbons (Fsp3) is 0. The van der Waals surface area contributed by atoms with Crippen LogP contribution in [0, 0.1) is 0 Å². The van der Waals surface area contributed by atoms with E-state index in [9.17, 15) is 4.79 Å². The number of nitrogens with zero attached hydrogens (tertiary/aromatic N) is 3. The second kappa shape index (κ2) is 8.11. The van der Waals surface area contributed by atoms with Gasteiger partial charge >= 0.3 is 0 Å². The van der Waals surface area contributed by atoms with Gasteiger partial charge in [0.25, 0.3) is 5.91 Å². The van der Waals surface area contributed by atoms with E-state index in [1.807, 2.05) is 30.3 Å². The van der Waals surface area contributed by atoms with Crippen LogP contribution in [0.25, 0.3) is 10.9 Å². The van der Waals surface area contributed by atoms with Crippen molar-refractivity contribution >= 4 is 55.8 Å². The van der Waals surface area contributed by atoms with Crippen LogP contribution in [0.1, 0.15) is 10.4 Å². The van der Waals surface area contributed by atoms with Crippen LogP contribution in [0.2, 0.25) is 0 Å². The van der Waals surface area contributed by atoms with Crippen LogP contribution in [0.15, 0.2) is 71.6 Å². The van der Waals surface area contributed by atoms with Gasteiger partial charge in [-0.05, 0) is 36.4 Å². The molecule has 0 aliphatic heterocycles. The summed E-state index contributed by atoms with van der Waals surface area (Å²) in [4.78, 5) is 25.0.